The first-order valence-electron chi connectivity index (χ1n) is 10.7. The van der Waals surface area contributed by atoms with Crippen molar-refractivity contribution in [2.75, 3.05) is 19.5 Å². The average molecular weight is 484 g/mol. The Labute approximate surface area is 203 Å². The molecule has 1 N–H and O–H groups in total. The number of benzene rings is 2. The Morgan fingerprint density at radius 2 is 1.74 bits per heavy atom. The van der Waals surface area contributed by atoms with E-state index in [1.807, 2.05) is 37.3 Å². The molecule has 3 rings (SSSR count). The maximum Gasteiger partial charge on any atom is 0.412 e. The van der Waals surface area contributed by atoms with E-state index in [2.05, 4.69) is 5.32 Å². The summed E-state index contributed by atoms with van der Waals surface area (Å²) < 4.78 is 21.7. The minimum Gasteiger partial charge on any atom is -0.493 e. The van der Waals surface area contributed by atoms with Gasteiger partial charge in [-0.1, -0.05) is 35.9 Å². The van der Waals surface area contributed by atoms with E-state index in [0.717, 1.165) is 11.1 Å². The summed E-state index contributed by atoms with van der Waals surface area (Å²) in [5, 5.41) is 4.83. The van der Waals surface area contributed by atoms with E-state index in [-0.39, 0.29) is 12.2 Å². The van der Waals surface area contributed by atoms with Crippen LogP contribution in [0.3, 0.4) is 0 Å². The minimum atomic E-state index is -0.681. The first kappa shape index (κ1) is 25.1. The lowest BCUT2D eigenvalue weighted by molar-refractivity contribution is 0.0475. The van der Waals surface area contributed by atoms with E-state index in [1.165, 1.54) is 11.3 Å². The number of esters is 1. The molecule has 0 unspecified atom stereocenters. The van der Waals surface area contributed by atoms with Gasteiger partial charge in [-0.15, -0.1) is 11.3 Å². The van der Waals surface area contributed by atoms with Crippen LogP contribution in [0.1, 0.15) is 42.3 Å². The van der Waals surface area contributed by atoms with Crippen LogP contribution in [0.25, 0.3) is 11.1 Å². The van der Waals surface area contributed by atoms with Gasteiger partial charge < -0.3 is 18.9 Å². The lowest BCUT2D eigenvalue weighted by Crippen LogP contribution is -2.27. The minimum absolute atomic E-state index is 0.105. The second kappa shape index (κ2) is 10.6. The zero-order valence-corrected chi connectivity index (χ0v) is 21.0. The summed E-state index contributed by atoms with van der Waals surface area (Å²) in [5.41, 5.74) is 2.83. The maximum atomic E-state index is 13.3. The normalized spacial score (nSPS) is 11.0. The number of hydrogen-bond donors (Lipinski definition) is 1. The Morgan fingerprint density at radius 3 is 2.38 bits per heavy atom. The molecule has 180 valence electrons. The molecule has 2 aromatic carbocycles. The number of anilines is 1. The van der Waals surface area contributed by atoms with Crippen LogP contribution >= 0.6 is 11.3 Å². The van der Waals surface area contributed by atoms with Crippen LogP contribution in [-0.4, -0.2) is 31.9 Å². The topological polar surface area (TPSA) is 83.1 Å². The highest BCUT2D eigenvalue weighted by molar-refractivity contribution is 7.15. The monoisotopic (exact) mass is 483 g/mol. The molecule has 0 fully saturated rings. The van der Waals surface area contributed by atoms with Gasteiger partial charge in [-0.05, 0) is 51.0 Å². The molecular formula is C26H29NO6S. The lowest BCUT2D eigenvalue weighted by atomic mass is 10.0. The van der Waals surface area contributed by atoms with Crippen molar-refractivity contribution in [1.82, 2.24) is 0 Å². The third-order valence-electron chi connectivity index (χ3n) is 4.76. The number of ether oxygens (including phenoxy) is 4. The van der Waals surface area contributed by atoms with Crippen LogP contribution in [0.2, 0.25) is 0 Å². The van der Waals surface area contributed by atoms with Gasteiger partial charge in [0.25, 0.3) is 0 Å². The van der Waals surface area contributed by atoms with Crippen molar-refractivity contribution in [2.45, 2.75) is 39.9 Å². The second-order valence-electron chi connectivity index (χ2n) is 8.62. The fraction of sp³-hybridized carbons (Fsp3) is 0.308. The smallest absolute Gasteiger partial charge is 0.412 e. The third-order valence-corrected chi connectivity index (χ3v) is 5.65. The van der Waals surface area contributed by atoms with Crippen LogP contribution < -0.4 is 14.8 Å². The quantitative estimate of drug-likeness (QED) is 0.389. The number of nitrogens with one attached hydrogen (secondary N) is 1. The van der Waals surface area contributed by atoms with E-state index in [4.69, 9.17) is 18.9 Å². The van der Waals surface area contributed by atoms with E-state index >= 15 is 0 Å². The summed E-state index contributed by atoms with van der Waals surface area (Å²) >= 11 is 1.22. The molecule has 0 saturated carbocycles. The third kappa shape index (κ3) is 6.29. The molecule has 1 heterocycles. The van der Waals surface area contributed by atoms with E-state index in [0.29, 0.717) is 27.6 Å². The lowest BCUT2D eigenvalue weighted by Gasteiger charge is -2.19. The fourth-order valence-electron chi connectivity index (χ4n) is 3.29. The molecule has 0 aliphatic rings. The number of carbonyl (C=O) groups excluding carboxylic acids is 2. The summed E-state index contributed by atoms with van der Waals surface area (Å²) in [5.74, 6) is 0.530. The first-order valence-corrected chi connectivity index (χ1v) is 11.6. The van der Waals surface area contributed by atoms with E-state index in [1.54, 1.807) is 52.5 Å². The fourth-order valence-corrected chi connectivity index (χ4v) is 4.23. The summed E-state index contributed by atoms with van der Waals surface area (Å²) in [7, 11) is 3.10. The molecule has 34 heavy (non-hydrogen) atoms. The van der Waals surface area contributed by atoms with Gasteiger partial charge in [0.05, 0.1) is 14.2 Å². The highest BCUT2D eigenvalue weighted by Gasteiger charge is 2.25. The van der Waals surface area contributed by atoms with Gasteiger partial charge >= 0.3 is 12.1 Å². The summed E-state index contributed by atoms with van der Waals surface area (Å²) in [4.78, 5) is 25.7. The van der Waals surface area contributed by atoms with Crippen molar-refractivity contribution < 1.29 is 28.5 Å². The molecule has 7 nitrogen and oxygen atoms in total. The Hall–Kier alpha value is -3.52. The number of rotatable bonds is 7. The highest BCUT2D eigenvalue weighted by atomic mass is 32.1. The maximum absolute atomic E-state index is 13.3. The van der Waals surface area contributed by atoms with Crippen molar-refractivity contribution in [3.8, 4) is 22.6 Å². The largest absolute Gasteiger partial charge is 0.493 e. The zero-order chi connectivity index (χ0) is 24.9. The number of hydrogen-bond acceptors (Lipinski definition) is 7. The van der Waals surface area contributed by atoms with Gasteiger partial charge in [0.15, 0.2) is 11.5 Å². The molecule has 0 saturated heterocycles. The summed E-state index contributed by atoms with van der Waals surface area (Å²) in [6.07, 6.45) is -0.652. The average Bonchev–Trinajstić information content (AvgIpc) is 3.19. The van der Waals surface area contributed by atoms with Crippen LogP contribution in [0.4, 0.5) is 9.80 Å². The molecule has 8 heteroatoms. The summed E-state index contributed by atoms with van der Waals surface area (Å²) in [6, 6.07) is 13.1. The Balaban J connectivity index is 1.96. The molecule has 1 amide bonds. The van der Waals surface area contributed by atoms with Crippen molar-refractivity contribution in [3.05, 3.63) is 64.5 Å². The number of carbonyl (C=O) groups is 2. The second-order valence-corrected chi connectivity index (χ2v) is 9.49. The number of aryl methyl sites for hydroxylation is 1. The standard InChI is InChI=1S/C26H29NO6S/c1-16-8-7-9-17(12-16)14-32-24(28)22-19(18-10-11-20(30-5)21(13-18)31-6)15-34-23(22)27-25(29)33-26(2,3)4/h7-13,15H,14H2,1-6H3,(H,27,29). The highest BCUT2D eigenvalue weighted by Crippen LogP contribution is 2.40. The SMILES string of the molecule is COc1ccc(-c2csc(NC(=O)OC(C)(C)C)c2C(=O)OCc2cccc(C)c2)cc1OC. The van der Waals surface area contributed by atoms with E-state index < -0.39 is 17.7 Å². The molecule has 3 aromatic rings. The van der Waals surface area contributed by atoms with Gasteiger partial charge in [-0.25, -0.2) is 9.59 Å². The zero-order valence-electron chi connectivity index (χ0n) is 20.2. The van der Waals surface area contributed by atoms with Crippen molar-refractivity contribution in [2.24, 2.45) is 0 Å². The molecule has 0 aliphatic heterocycles. The van der Waals surface area contributed by atoms with Crippen LogP contribution in [0.15, 0.2) is 47.8 Å². The van der Waals surface area contributed by atoms with Crippen LogP contribution in [-0.2, 0) is 16.1 Å². The van der Waals surface area contributed by atoms with Gasteiger partial charge in [0.2, 0.25) is 0 Å². The number of amides is 1. The Morgan fingerprint density at radius 1 is 1.00 bits per heavy atom. The van der Waals surface area contributed by atoms with Crippen molar-refractivity contribution in [3.63, 3.8) is 0 Å². The predicted octanol–water partition coefficient (Wildman–Crippen LogP) is 6.44. The predicted molar refractivity (Wildman–Crippen MR) is 133 cm³/mol. The van der Waals surface area contributed by atoms with E-state index in [9.17, 15) is 9.59 Å². The number of thiophene rings is 1. The Kier molecular flexibility index (Phi) is 7.83. The molecule has 0 bridgehead atoms. The molecule has 0 aliphatic carbocycles. The van der Waals surface area contributed by atoms with Gasteiger partial charge in [0, 0.05) is 10.9 Å². The molecule has 0 radical (unpaired) electrons. The van der Waals surface area contributed by atoms with Crippen molar-refractivity contribution in [1.29, 1.82) is 0 Å². The summed E-state index contributed by atoms with van der Waals surface area (Å²) in [6.45, 7) is 7.39. The molecular weight excluding hydrogens is 454 g/mol. The van der Waals surface area contributed by atoms with Gasteiger partial charge in [-0.2, -0.15) is 0 Å². The number of methoxy groups -OCH3 is 2. The van der Waals surface area contributed by atoms with Crippen LogP contribution in [0.5, 0.6) is 11.5 Å². The molecule has 0 atom stereocenters. The Bertz CT molecular complexity index is 1180. The molecule has 1 aromatic heterocycles. The van der Waals surface area contributed by atoms with Crippen molar-refractivity contribution >= 4 is 28.4 Å². The van der Waals surface area contributed by atoms with Crippen LogP contribution in [0, 0.1) is 6.92 Å². The van der Waals surface area contributed by atoms with Gasteiger partial charge in [0.1, 0.15) is 22.8 Å². The first-order chi connectivity index (χ1) is 16.1. The van der Waals surface area contributed by atoms with Gasteiger partial charge in [-0.3, -0.25) is 5.32 Å². The molecule has 0 spiro atoms.